The second-order valence-corrected chi connectivity index (χ2v) is 12.1. The van der Waals surface area contributed by atoms with E-state index in [0.29, 0.717) is 55.3 Å². The highest BCUT2D eigenvalue weighted by molar-refractivity contribution is 5.99. The molecular formula is C34H50N4O5. The van der Waals surface area contributed by atoms with Crippen molar-refractivity contribution in [3.63, 3.8) is 0 Å². The molecular weight excluding hydrogens is 544 g/mol. The fourth-order valence-corrected chi connectivity index (χ4v) is 5.10. The molecule has 1 aliphatic rings. The monoisotopic (exact) mass is 594 g/mol. The van der Waals surface area contributed by atoms with Gasteiger partial charge < -0.3 is 30.7 Å². The van der Waals surface area contributed by atoms with E-state index < -0.39 is 18.2 Å². The van der Waals surface area contributed by atoms with Gasteiger partial charge in [-0.25, -0.2) is 0 Å². The zero-order valence-corrected chi connectivity index (χ0v) is 26.4. The minimum absolute atomic E-state index is 0.0200. The second-order valence-electron chi connectivity index (χ2n) is 12.1. The molecule has 2 aromatic carbocycles. The molecule has 0 unspecified atom stereocenters. The number of amides is 3. The lowest BCUT2D eigenvalue weighted by atomic mass is 9.99. The van der Waals surface area contributed by atoms with Gasteiger partial charge in [-0.3, -0.25) is 14.4 Å². The summed E-state index contributed by atoms with van der Waals surface area (Å²) in [5, 5.41) is 20.7. The summed E-state index contributed by atoms with van der Waals surface area (Å²) in [5.41, 5.74) is 1.93. The predicted octanol–water partition coefficient (Wildman–Crippen LogP) is 4.22. The normalized spacial score (nSPS) is 15.4. The molecule has 3 amide bonds. The van der Waals surface area contributed by atoms with E-state index >= 15 is 0 Å². The SMILES string of the molecule is CCCC[C@H](NC[C@@H](O)[C@H](Cc1ccccc1)NC(=O)c1cc(OC(C)C)cc(N2CCCC2=O)c1)C(=O)NCC(C)C. The van der Waals surface area contributed by atoms with E-state index in [4.69, 9.17) is 4.74 Å². The molecule has 1 saturated heterocycles. The highest BCUT2D eigenvalue weighted by Gasteiger charge is 2.27. The van der Waals surface area contributed by atoms with E-state index in [2.05, 4.69) is 22.9 Å². The van der Waals surface area contributed by atoms with E-state index in [-0.39, 0.29) is 30.4 Å². The zero-order valence-electron chi connectivity index (χ0n) is 26.4. The Balaban J connectivity index is 1.81. The number of unbranched alkanes of at least 4 members (excludes halogenated alkanes) is 1. The fourth-order valence-electron chi connectivity index (χ4n) is 5.10. The number of hydrogen-bond acceptors (Lipinski definition) is 6. The molecule has 1 fully saturated rings. The number of carbonyl (C=O) groups excluding carboxylic acids is 3. The maximum Gasteiger partial charge on any atom is 0.251 e. The summed E-state index contributed by atoms with van der Waals surface area (Å²) in [6.45, 7) is 11.3. The number of nitrogens with one attached hydrogen (secondary N) is 3. The van der Waals surface area contributed by atoms with Crippen LogP contribution in [-0.4, -0.2) is 66.8 Å². The number of aliphatic hydroxyl groups excluding tert-OH is 1. The van der Waals surface area contributed by atoms with Crippen LogP contribution in [0.3, 0.4) is 0 Å². The molecule has 236 valence electrons. The van der Waals surface area contributed by atoms with Gasteiger partial charge in [0.05, 0.1) is 24.3 Å². The Morgan fingerprint density at radius 2 is 1.79 bits per heavy atom. The second kappa shape index (κ2) is 17.0. The van der Waals surface area contributed by atoms with Gasteiger partial charge in [0, 0.05) is 43.4 Å². The van der Waals surface area contributed by atoms with Crippen LogP contribution in [-0.2, 0) is 16.0 Å². The van der Waals surface area contributed by atoms with Gasteiger partial charge >= 0.3 is 0 Å². The quantitative estimate of drug-likeness (QED) is 0.218. The van der Waals surface area contributed by atoms with Crippen molar-refractivity contribution in [1.29, 1.82) is 0 Å². The molecule has 0 aromatic heterocycles. The third-order valence-corrected chi connectivity index (χ3v) is 7.41. The first-order valence-corrected chi connectivity index (χ1v) is 15.7. The predicted molar refractivity (Wildman–Crippen MR) is 170 cm³/mol. The molecule has 9 nitrogen and oxygen atoms in total. The average Bonchev–Trinajstić information content (AvgIpc) is 3.41. The number of benzene rings is 2. The lowest BCUT2D eigenvalue weighted by Crippen LogP contribution is -2.52. The van der Waals surface area contributed by atoms with Crippen LogP contribution in [0, 0.1) is 5.92 Å². The maximum absolute atomic E-state index is 13.7. The van der Waals surface area contributed by atoms with Gasteiger partial charge in [-0.2, -0.15) is 0 Å². The molecule has 3 atom stereocenters. The van der Waals surface area contributed by atoms with Crippen LogP contribution in [0.4, 0.5) is 5.69 Å². The number of ether oxygens (including phenoxy) is 1. The van der Waals surface area contributed by atoms with Crippen LogP contribution in [0.15, 0.2) is 48.5 Å². The molecule has 43 heavy (non-hydrogen) atoms. The van der Waals surface area contributed by atoms with Gasteiger partial charge in [0.2, 0.25) is 11.8 Å². The summed E-state index contributed by atoms with van der Waals surface area (Å²) in [4.78, 5) is 40.8. The Morgan fingerprint density at radius 1 is 1.05 bits per heavy atom. The number of hydrogen-bond donors (Lipinski definition) is 4. The molecule has 3 rings (SSSR count). The summed E-state index contributed by atoms with van der Waals surface area (Å²) >= 11 is 0. The molecule has 4 N–H and O–H groups in total. The van der Waals surface area contributed by atoms with E-state index in [1.54, 1.807) is 23.1 Å². The van der Waals surface area contributed by atoms with Gasteiger partial charge in [0.25, 0.3) is 5.91 Å². The van der Waals surface area contributed by atoms with Crippen molar-refractivity contribution < 1.29 is 24.2 Å². The van der Waals surface area contributed by atoms with E-state index in [1.807, 2.05) is 58.0 Å². The molecule has 0 radical (unpaired) electrons. The van der Waals surface area contributed by atoms with Gasteiger partial charge in [0.1, 0.15) is 5.75 Å². The third-order valence-electron chi connectivity index (χ3n) is 7.41. The van der Waals surface area contributed by atoms with Gasteiger partial charge in [0.15, 0.2) is 0 Å². The van der Waals surface area contributed by atoms with Crippen LogP contribution in [0.5, 0.6) is 5.75 Å². The summed E-state index contributed by atoms with van der Waals surface area (Å²) in [6.07, 6.45) is 3.04. The molecule has 0 bridgehead atoms. The number of rotatable bonds is 17. The zero-order chi connectivity index (χ0) is 31.4. The van der Waals surface area contributed by atoms with Crippen LogP contribution in [0.1, 0.15) is 82.6 Å². The Kier molecular flexibility index (Phi) is 13.5. The van der Waals surface area contributed by atoms with Crippen LogP contribution < -0.4 is 25.6 Å². The van der Waals surface area contributed by atoms with Crippen molar-refractivity contribution in [2.75, 3.05) is 24.5 Å². The van der Waals surface area contributed by atoms with Gasteiger partial charge in [-0.1, -0.05) is 63.9 Å². The largest absolute Gasteiger partial charge is 0.491 e. The number of carbonyl (C=O) groups is 3. The van der Waals surface area contributed by atoms with Crippen molar-refractivity contribution in [1.82, 2.24) is 16.0 Å². The Morgan fingerprint density at radius 3 is 2.42 bits per heavy atom. The smallest absolute Gasteiger partial charge is 0.251 e. The van der Waals surface area contributed by atoms with Crippen molar-refractivity contribution in [2.24, 2.45) is 5.92 Å². The average molecular weight is 595 g/mol. The Labute approximate surface area is 256 Å². The summed E-state index contributed by atoms with van der Waals surface area (Å²) in [7, 11) is 0. The minimum atomic E-state index is -0.971. The van der Waals surface area contributed by atoms with Gasteiger partial charge in [-0.05, 0) is 56.7 Å². The van der Waals surface area contributed by atoms with Crippen molar-refractivity contribution in [2.45, 2.75) is 97.4 Å². The van der Waals surface area contributed by atoms with E-state index in [9.17, 15) is 19.5 Å². The standard InChI is InChI=1S/C34H50N4O5/c1-6-7-14-29(34(42)36-21-23(2)3)35-22-31(39)30(17-25-12-9-8-10-13-25)37-33(41)26-18-27(38-16-11-15-32(38)40)20-28(19-26)43-24(4)5/h8-10,12-13,18-20,23-24,29-31,35,39H,6-7,11,14-17,21-22H2,1-5H3,(H,36,42)(H,37,41)/t29-,30-,31+/m0/s1. The third kappa shape index (κ3) is 11.0. The lowest BCUT2D eigenvalue weighted by Gasteiger charge is -2.27. The minimum Gasteiger partial charge on any atom is -0.491 e. The number of anilines is 1. The lowest BCUT2D eigenvalue weighted by molar-refractivity contribution is -0.123. The van der Waals surface area contributed by atoms with Crippen molar-refractivity contribution >= 4 is 23.4 Å². The van der Waals surface area contributed by atoms with Gasteiger partial charge in [-0.15, -0.1) is 0 Å². The molecule has 1 aliphatic heterocycles. The van der Waals surface area contributed by atoms with Crippen LogP contribution in [0.25, 0.3) is 0 Å². The fraction of sp³-hybridized carbons (Fsp3) is 0.559. The molecule has 0 saturated carbocycles. The van der Waals surface area contributed by atoms with Crippen molar-refractivity contribution in [3.8, 4) is 5.75 Å². The highest BCUT2D eigenvalue weighted by Crippen LogP contribution is 2.28. The molecule has 9 heteroatoms. The summed E-state index contributed by atoms with van der Waals surface area (Å²) < 4.78 is 5.93. The topological polar surface area (TPSA) is 120 Å². The molecule has 1 heterocycles. The summed E-state index contributed by atoms with van der Waals surface area (Å²) in [5.74, 6) is 0.403. The Bertz CT molecular complexity index is 1190. The number of aliphatic hydroxyl groups is 1. The molecule has 0 spiro atoms. The molecule has 2 aromatic rings. The van der Waals surface area contributed by atoms with E-state index in [0.717, 1.165) is 24.8 Å². The first kappa shape index (κ1) is 34.1. The summed E-state index contributed by atoms with van der Waals surface area (Å²) in [6, 6.07) is 13.8. The van der Waals surface area contributed by atoms with Crippen LogP contribution >= 0.6 is 0 Å². The molecule has 0 aliphatic carbocycles. The first-order chi connectivity index (χ1) is 20.6. The van der Waals surface area contributed by atoms with Crippen molar-refractivity contribution in [3.05, 3.63) is 59.7 Å². The van der Waals surface area contributed by atoms with E-state index in [1.165, 1.54) is 0 Å². The first-order valence-electron chi connectivity index (χ1n) is 15.7. The highest BCUT2D eigenvalue weighted by atomic mass is 16.5. The maximum atomic E-state index is 13.7. The Hall–Kier alpha value is -3.43. The number of nitrogens with zero attached hydrogens (tertiary/aromatic N) is 1. The van der Waals surface area contributed by atoms with Crippen LogP contribution in [0.2, 0.25) is 0 Å².